The Hall–Kier alpha value is -3.56. The van der Waals surface area contributed by atoms with Crippen LogP contribution < -0.4 is 21.9 Å². The fourth-order valence-electron chi connectivity index (χ4n) is 2.87. The summed E-state index contributed by atoms with van der Waals surface area (Å²) >= 11 is 0. The number of nitrogens with zero attached hydrogens (tertiary/aromatic N) is 4. The molecular weight excluding hydrogens is 347 g/mol. The molecule has 0 amide bonds. The van der Waals surface area contributed by atoms with Crippen molar-refractivity contribution in [1.29, 1.82) is 0 Å². The molecule has 0 aliphatic carbocycles. The molecule has 0 bridgehead atoms. The number of hydrogen-bond acceptors (Lipinski definition) is 7. The second kappa shape index (κ2) is 6.63. The number of rotatable bonds is 4. The molecule has 1 aliphatic heterocycles. The third kappa shape index (κ3) is 3.16. The summed E-state index contributed by atoms with van der Waals surface area (Å²) in [5.74, 6) is -0.973. The number of benzene rings is 2. The minimum Gasteiger partial charge on any atom is -0.384 e. The maximum Gasteiger partial charge on any atom is 0.230 e. The van der Waals surface area contributed by atoms with Gasteiger partial charge in [-0.15, -0.1) is 10.2 Å². The first-order valence-corrected chi connectivity index (χ1v) is 8.17. The summed E-state index contributed by atoms with van der Waals surface area (Å²) in [6.07, 6.45) is 1.56. The minimum absolute atomic E-state index is 0.346. The lowest BCUT2D eigenvalue weighted by Gasteiger charge is -2.25. The number of hydrogen-bond donors (Lipinski definition) is 4. The minimum atomic E-state index is -1.43. The Balaban J connectivity index is 1.79. The number of hydrazine groups is 1. The van der Waals surface area contributed by atoms with Crippen molar-refractivity contribution < 1.29 is 4.39 Å². The number of azo groups is 1. The van der Waals surface area contributed by atoms with E-state index in [0.717, 1.165) is 5.56 Å². The van der Waals surface area contributed by atoms with Crippen molar-refractivity contribution in [2.75, 3.05) is 5.01 Å². The molecule has 2 aromatic carbocycles. The molecule has 0 saturated carbocycles. The molecule has 8 nitrogen and oxygen atoms in total. The van der Waals surface area contributed by atoms with Crippen molar-refractivity contribution in [2.45, 2.75) is 5.79 Å². The van der Waals surface area contributed by atoms with Gasteiger partial charge in [0.25, 0.3) is 0 Å². The van der Waals surface area contributed by atoms with Crippen LogP contribution in [0.15, 0.2) is 82.9 Å². The van der Waals surface area contributed by atoms with Gasteiger partial charge in [-0.3, -0.25) is 15.8 Å². The summed E-state index contributed by atoms with van der Waals surface area (Å²) in [4.78, 5) is 0. The molecular formula is C18H17FN8. The molecule has 27 heavy (non-hydrogen) atoms. The predicted molar refractivity (Wildman–Crippen MR) is 99.6 cm³/mol. The molecule has 4 rings (SSSR count). The van der Waals surface area contributed by atoms with E-state index in [1.54, 1.807) is 29.4 Å². The standard InChI is InChI=1S/C18H17FN8/c19-13-6-8-14(9-7-13)27-17(20)16(12-4-2-1-3-5-12)18(21,26-27)25-24-15-10-11-22-23-15/h1-11,26H,20-21H2,(H,22,23). The lowest BCUT2D eigenvalue weighted by Crippen LogP contribution is -2.54. The molecule has 136 valence electrons. The number of nitrogens with two attached hydrogens (primary N) is 2. The van der Waals surface area contributed by atoms with Gasteiger partial charge in [0.05, 0.1) is 17.5 Å². The van der Waals surface area contributed by atoms with Crippen LogP contribution in [0, 0.1) is 5.82 Å². The quantitative estimate of drug-likeness (QED) is 0.530. The van der Waals surface area contributed by atoms with Crippen molar-refractivity contribution in [3.8, 4) is 0 Å². The average Bonchev–Trinajstić information content (AvgIpc) is 3.28. The number of halogens is 1. The van der Waals surface area contributed by atoms with Gasteiger partial charge in [-0.05, 0) is 29.8 Å². The van der Waals surface area contributed by atoms with Crippen LogP contribution in [0.5, 0.6) is 0 Å². The third-order valence-corrected chi connectivity index (χ3v) is 4.11. The van der Waals surface area contributed by atoms with Gasteiger partial charge in [-0.2, -0.15) is 10.5 Å². The van der Waals surface area contributed by atoms with Crippen LogP contribution in [0.4, 0.5) is 15.9 Å². The van der Waals surface area contributed by atoms with E-state index in [1.807, 2.05) is 30.3 Å². The van der Waals surface area contributed by atoms with Crippen LogP contribution in [0.3, 0.4) is 0 Å². The lowest BCUT2D eigenvalue weighted by molar-refractivity contribution is 0.455. The van der Waals surface area contributed by atoms with E-state index in [2.05, 4.69) is 25.9 Å². The van der Waals surface area contributed by atoms with E-state index < -0.39 is 5.79 Å². The van der Waals surface area contributed by atoms with Gasteiger partial charge in [-0.25, -0.2) is 4.39 Å². The van der Waals surface area contributed by atoms with Crippen LogP contribution >= 0.6 is 0 Å². The fourth-order valence-corrected chi connectivity index (χ4v) is 2.87. The Bertz CT molecular complexity index is 982. The zero-order valence-electron chi connectivity index (χ0n) is 14.2. The van der Waals surface area contributed by atoms with Crippen LogP contribution in [-0.2, 0) is 0 Å². The van der Waals surface area contributed by atoms with Crippen molar-refractivity contribution >= 4 is 17.1 Å². The zero-order valence-corrected chi connectivity index (χ0v) is 14.2. The van der Waals surface area contributed by atoms with Crippen LogP contribution in [-0.4, -0.2) is 16.0 Å². The summed E-state index contributed by atoms with van der Waals surface area (Å²) in [7, 11) is 0. The first-order valence-electron chi connectivity index (χ1n) is 8.17. The molecule has 0 spiro atoms. The highest BCUT2D eigenvalue weighted by atomic mass is 19.1. The summed E-state index contributed by atoms with van der Waals surface area (Å²) in [6, 6.07) is 16.9. The SMILES string of the molecule is NC1=C(c2ccccc2)C(N)(N=Nc2ccn[nH]2)NN1c1ccc(F)cc1. The largest absolute Gasteiger partial charge is 0.384 e. The van der Waals surface area contributed by atoms with E-state index in [4.69, 9.17) is 11.5 Å². The molecule has 9 heteroatoms. The summed E-state index contributed by atoms with van der Waals surface area (Å²) in [5, 5.41) is 16.5. The van der Waals surface area contributed by atoms with Gasteiger partial charge in [-0.1, -0.05) is 30.3 Å². The second-order valence-corrected chi connectivity index (χ2v) is 5.96. The van der Waals surface area contributed by atoms with Crippen molar-refractivity contribution in [1.82, 2.24) is 15.6 Å². The molecule has 1 aromatic heterocycles. The van der Waals surface area contributed by atoms with Crippen molar-refractivity contribution in [2.24, 2.45) is 21.7 Å². The van der Waals surface area contributed by atoms with E-state index >= 15 is 0 Å². The first kappa shape index (κ1) is 16.9. The highest BCUT2D eigenvalue weighted by molar-refractivity contribution is 5.81. The van der Waals surface area contributed by atoms with Crippen LogP contribution in [0.25, 0.3) is 5.57 Å². The van der Waals surface area contributed by atoms with Gasteiger partial charge in [0.1, 0.15) is 11.6 Å². The van der Waals surface area contributed by atoms with Gasteiger partial charge >= 0.3 is 0 Å². The molecule has 0 fully saturated rings. The average molecular weight is 364 g/mol. The molecule has 3 aromatic rings. The molecule has 1 atom stereocenters. The second-order valence-electron chi connectivity index (χ2n) is 5.96. The maximum atomic E-state index is 13.3. The summed E-state index contributed by atoms with van der Waals surface area (Å²) < 4.78 is 13.3. The Morgan fingerprint density at radius 2 is 1.78 bits per heavy atom. The maximum absolute atomic E-state index is 13.3. The highest BCUT2D eigenvalue weighted by Gasteiger charge is 2.43. The lowest BCUT2D eigenvalue weighted by atomic mass is 10.0. The topological polar surface area (TPSA) is 121 Å². The molecule has 6 N–H and O–H groups in total. The Labute approximate surface area is 154 Å². The normalized spacial score (nSPS) is 20.0. The van der Waals surface area contributed by atoms with E-state index in [-0.39, 0.29) is 5.82 Å². The Morgan fingerprint density at radius 1 is 1.04 bits per heavy atom. The zero-order chi connectivity index (χ0) is 18.9. The van der Waals surface area contributed by atoms with Crippen molar-refractivity contribution in [3.05, 3.63) is 84.1 Å². The third-order valence-electron chi connectivity index (χ3n) is 4.11. The van der Waals surface area contributed by atoms with E-state index in [9.17, 15) is 4.39 Å². The Kier molecular flexibility index (Phi) is 4.15. The fraction of sp³-hybridized carbons (Fsp3) is 0.0556. The van der Waals surface area contributed by atoms with Gasteiger partial charge in [0.15, 0.2) is 5.82 Å². The van der Waals surface area contributed by atoms with Gasteiger partial charge < -0.3 is 5.73 Å². The first-order chi connectivity index (χ1) is 13.1. The number of H-pyrrole nitrogens is 1. The molecule has 0 saturated heterocycles. The summed E-state index contributed by atoms with van der Waals surface area (Å²) in [6.45, 7) is 0. The van der Waals surface area contributed by atoms with Crippen LogP contribution in [0.2, 0.25) is 0 Å². The summed E-state index contributed by atoms with van der Waals surface area (Å²) in [5.41, 5.74) is 18.0. The number of aromatic nitrogens is 2. The molecule has 0 radical (unpaired) electrons. The van der Waals surface area contributed by atoms with E-state index in [0.29, 0.717) is 22.9 Å². The molecule has 1 aliphatic rings. The van der Waals surface area contributed by atoms with E-state index in [1.165, 1.54) is 12.1 Å². The van der Waals surface area contributed by atoms with Gasteiger partial charge in [0, 0.05) is 6.07 Å². The van der Waals surface area contributed by atoms with Crippen LogP contribution in [0.1, 0.15) is 5.56 Å². The Morgan fingerprint density at radius 3 is 2.44 bits per heavy atom. The highest BCUT2D eigenvalue weighted by Crippen LogP contribution is 2.36. The van der Waals surface area contributed by atoms with Gasteiger partial charge in [0.2, 0.25) is 5.79 Å². The number of anilines is 1. The molecule has 1 unspecified atom stereocenters. The molecule has 2 heterocycles. The predicted octanol–water partition coefficient (Wildman–Crippen LogP) is 2.60. The number of nitrogens with one attached hydrogen (secondary N) is 2. The smallest absolute Gasteiger partial charge is 0.230 e. The number of aromatic amines is 1. The monoisotopic (exact) mass is 364 g/mol. The van der Waals surface area contributed by atoms with Crippen molar-refractivity contribution in [3.63, 3.8) is 0 Å².